The summed E-state index contributed by atoms with van der Waals surface area (Å²) in [6, 6.07) is 0. The van der Waals surface area contributed by atoms with E-state index in [0.717, 1.165) is 19.3 Å². The summed E-state index contributed by atoms with van der Waals surface area (Å²) < 4.78 is 12.3. The zero-order valence-corrected chi connectivity index (χ0v) is 32.9. The Balaban J connectivity index is 1.29. The molecule has 55 heavy (non-hydrogen) atoms. The molecule has 2 heterocycles. The van der Waals surface area contributed by atoms with Crippen LogP contribution in [0, 0.1) is 79.8 Å². The number of carboxylic acid groups (broad SMARTS) is 1. The summed E-state index contributed by atoms with van der Waals surface area (Å²) in [5, 5.41) is 80.8. The van der Waals surface area contributed by atoms with E-state index in [-0.39, 0.29) is 72.1 Å². The Morgan fingerprint density at radius 1 is 0.964 bits per heavy atom. The van der Waals surface area contributed by atoms with E-state index in [2.05, 4.69) is 44.0 Å². The quantitative estimate of drug-likeness (QED) is 0.112. The molecule has 8 N–H and O–H groups in total. The van der Waals surface area contributed by atoms with Gasteiger partial charge in [0.05, 0.1) is 30.8 Å². The first-order valence-electron chi connectivity index (χ1n) is 20.9. The monoisotopic (exact) mass is 769 g/mol. The molecule has 0 aromatic rings. The molecule has 12 nitrogen and oxygen atoms in total. The number of nitrogens with one attached hydrogen (secondary N) is 1. The fourth-order valence-corrected chi connectivity index (χ4v) is 14.9. The van der Waals surface area contributed by atoms with Crippen molar-refractivity contribution in [2.75, 3.05) is 26.4 Å². The predicted molar refractivity (Wildman–Crippen MR) is 198 cm³/mol. The van der Waals surface area contributed by atoms with Crippen LogP contribution >= 0.6 is 0 Å². The number of allylic oxidation sites excluding steroid dienone is 2. The number of rotatable bonds is 6. The summed E-state index contributed by atoms with van der Waals surface area (Å²) >= 11 is 0. The molecule has 8 aliphatic rings. The Morgan fingerprint density at radius 2 is 1.71 bits per heavy atom. The number of hydrogen-bond acceptors (Lipinski definition) is 10. The molecular formula is C43H63NO11. The molecule has 306 valence electrons. The Bertz CT molecular complexity index is 1660. The molecule has 4 saturated carbocycles. The highest BCUT2D eigenvalue weighted by atomic mass is 16.7. The maximum absolute atomic E-state index is 13.4. The summed E-state index contributed by atoms with van der Waals surface area (Å²) in [6.45, 7) is 8.54. The van der Waals surface area contributed by atoms with Crippen LogP contribution in [0.25, 0.3) is 0 Å². The average molecular weight is 770 g/mol. The first-order chi connectivity index (χ1) is 26.0. The summed E-state index contributed by atoms with van der Waals surface area (Å²) in [5.74, 6) is 4.88. The predicted octanol–water partition coefficient (Wildman–Crippen LogP) is 2.37. The van der Waals surface area contributed by atoms with Crippen LogP contribution in [0.5, 0.6) is 0 Å². The number of aliphatic hydroxyl groups excluding tert-OH is 6. The van der Waals surface area contributed by atoms with Gasteiger partial charge in [-0.15, -0.1) is 5.92 Å². The summed E-state index contributed by atoms with van der Waals surface area (Å²) in [4.78, 5) is 26.2. The van der Waals surface area contributed by atoms with Crippen LogP contribution in [-0.4, -0.2) is 111 Å². The molecule has 0 radical (unpaired) electrons. The highest BCUT2D eigenvalue weighted by Crippen LogP contribution is 2.78. The second-order valence-corrected chi connectivity index (χ2v) is 20.2. The number of hydrogen-bond donors (Lipinski definition) is 8. The third kappa shape index (κ3) is 5.39. The Labute approximate surface area is 324 Å². The zero-order valence-electron chi connectivity index (χ0n) is 32.9. The summed E-state index contributed by atoms with van der Waals surface area (Å²) in [5.41, 5.74) is -2.38. The summed E-state index contributed by atoms with van der Waals surface area (Å²) in [6.07, 6.45) is 1.22. The second-order valence-electron chi connectivity index (χ2n) is 20.2. The van der Waals surface area contributed by atoms with Crippen LogP contribution in [0.2, 0.25) is 0 Å². The van der Waals surface area contributed by atoms with Crippen LogP contribution in [0.4, 0.5) is 0 Å². The SMILES string of the molecule is C[C@]1(CO)CC[C@]2(C(=O)O)CC[C@@]34CCC#C[C@H]([C@H]5CNC(=O)C5)[C@H]5[C@@H](O)[C@@H](O[C@@H]6OC[C@@H](O)[C@H](O)[C@H]6O)[C@@](C)(CO)[C@H]6CC[C@]3(C)[C@H](CC=C4[C@@H]2C1)[C@@]56C. The first kappa shape index (κ1) is 39.7. The molecule has 6 fully saturated rings. The van der Waals surface area contributed by atoms with Gasteiger partial charge in [0, 0.05) is 43.2 Å². The van der Waals surface area contributed by atoms with Gasteiger partial charge in [0.25, 0.3) is 0 Å². The third-order valence-electron chi connectivity index (χ3n) is 17.9. The van der Waals surface area contributed by atoms with E-state index < -0.39 is 70.9 Å². The fourth-order valence-electron chi connectivity index (χ4n) is 14.9. The average Bonchev–Trinajstić information content (AvgIpc) is 3.59. The number of carbonyl (C=O) groups excluding carboxylic acids is 1. The van der Waals surface area contributed by atoms with Gasteiger partial charge in [-0.1, -0.05) is 45.3 Å². The number of carboxylic acids is 1. The Kier molecular flexibility index (Phi) is 9.74. The number of aliphatic carboxylic acids is 1. The minimum atomic E-state index is -1.59. The van der Waals surface area contributed by atoms with Crippen molar-refractivity contribution in [1.82, 2.24) is 5.32 Å². The fraction of sp³-hybridized carbons (Fsp3) is 0.860. The van der Waals surface area contributed by atoms with E-state index in [1.807, 2.05) is 6.92 Å². The van der Waals surface area contributed by atoms with Crippen LogP contribution in [-0.2, 0) is 19.1 Å². The van der Waals surface area contributed by atoms with E-state index >= 15 is 0 Å². The van der Waals surface area contributed by atoms with Gasteiger partial charge in [0.1, 0.15) is 18.3 Å². The van der Waals surface area contributed by atoms with Crippen molar-refractivity contribution < 1.29 is 54.8 Å². The number of amides is 1. The highest BCUT2D eigenvalue weighted by Gasteiger charge is 2.75. The lowest BCUT2D eigenvalue weighted by molar-refractivity contribution is -0.342. The zero-order chi connectivity index (χ0) is 39.5. The number of carbonyl (C=O) groups is 2. The molecule has 1 amide bonds. The second kappa shape index (κ2) is 13.5. The summed E-state index contributed by atoms with van der Waals surface area (Å²) in [7, 11) is 0. The van der Waals surface area contributed by atoms with Gasteiger partial charge in [-0.2, -0.15) is 0 Å². The normalized spacial score (nSPS) is 54.4. The van der Waals surface area contributed by atoms with Gasteiger partial charge in [0.2, 0.25) is 5.91 Å². The highest BCUT2D eigenvalue weighted by molar-refractivity contribution is 5.78. The van der Waals surface area contributed by atoms with Crippen molar-refractivity contribution in [3.05, 3.63) is 11.6 Å². The minimum absolute atomic E-state index is 0.0000676. The third-order valence-corrected chi connectivity index (χ3v) is 17.9. The molecule has 4 bridgehead atoms. The van der Waals surface area contributed by atoms with Crippen molar-refractivity contribution in [2.45, 2.75) is 135 Å². The lowest BCUT2D eigenvalue weighted by Crippen LogP contribution is -2.73. The molecule has 18 atom stereocenters. The number of ether oxygens (including phenoxy) is 2. The van der Waals surface area contributed by atoms with E-state index in [1.165, 1.54) is 5.57 Å². The Morgan fingerprint density at radius 3 is 2.38 bits per heavy atom. The molecule has 8 rings (SSSR count). The molecule has 6 aliphatic carbocycles. The molecule has 0 aromatic heterocycles. The first-order valence-corrected chi connectivity index (χ1v) is 20.9. The van der Waals surface area contributed by atoms with Crippen LogP contribution in [0.3, 0.4) is 0 Å². The maximum atomic E-state index is 13.4. The minimum Gasteiger partial charge on any atom is -0.481 e. The molecule has 1 spiro atoms. The van der Waals surface area contributed by atoms with Crippen LogP contribution < -0.4 is 5.32 Å². The van der Waals surface area contributed by atoms with Crippen molar-refractivity contribution in [3.63, 3.8) is 0 Å². The van der Waals surface area contributed by atoms with Crippen molar-refractivity contribution in [2.24, 2.45) is 68.0 Å². The van der Waals surface area contributed by atoms with Crippen LogP contribution in [0.15, 0.2) is 11.6 Å². The van der Waals surface area contributed by atoms with Gasteiger partial charge in [-0.3, -0.25) is 9.59 Å². The molecule has 2 saturated heterocycles. The van der Waals surface area contributed by atoms with Crippen molar-refractivity contribution in [1.29, 1.82) is 0 Å². The smallest absolute Gasteiger partial charge is 0.310 e. The number of aliphatic hydroxyl groups is 6. The largest absolute Gasteiger partial charge is 0.481 e. The van der Waals surface area contributed by atoms with Gasteiger partial charge >= 0.3 is 5.97 Å². The molecule has 0 unspecified atom stereocenters. The van der Waals surface area contributed by atoms with Gasteiger partial charge < -0.3 is 50.5 Å². The van der Waals surface area contributed by atoms with E-state index in [0.29, 0.717) is 51.5 Å². The Hall–Kier alpha value is -2.08. The van der Waals surface area contributed by atoms with E-state index in [9.17, 15) is 45.3 Å². The standard InChI is InChI=1S/C43H63NO11/c1-38(21-45)13-14-42(37(52)53)15-16-43-11-6-5-7-24(23-17-30(48)44-19-23)31-33(50)35(55-36-34(51)32(49)27(47)20-54-36)39(2,22-46)28-10-12-40(43,3)29(41(28,31)4)9-8-25(43)26(42)18-38/h8,23-24,26-29,31-36,45-47,49-51H,6,9-22H2,1-4H3,(H,44,48)(H,52,53)/t23-,24-,26+,27-,28-,29+,31+,32+,33-,34-,35-,36+,38+,39+,40-,41+,42+,43-/m1/s1. The lowest BCUT2D eigenvalue weighted by Gasteiger charge is -2.74. The van der Waals surface area contributed by atoms with Crippen molar-refractivity contribution >= 4 is 11.9 Å². The maximum Gasteiger partial charge on any atom is 0.310 e. The van der Waals surface area contributed by atoms with Gasteiger partial charge in [-0.05, 0) is 103 Å². The molecule has 2 aliphatic heterocycles. The topological polar surface area (TPSA) is 206 Å². The van der Waals surface area contributed by atoms with E-state index in [1.54, 1.807) is 0 Å². The van der Waals surface area contributed by atoms with E-state index in [4.69, 9.17) is 9.47 Å². The lowest BCUT2D eigenvalue weighted by atomic mass is 9.30. The molecule has 12 heteroatoms. The molecular weight excluding hydrogens is 706 g/mol. The van der Waals surface area contributed by atoms with Crippen LogP contribution in [0.1, 0.15) is 98.3 Å². The van der Waals surface area contributed by atoms with Gasteiger partial charge in [0.15, 0.2) is 6.29 Å². The van der Waals surface area contributed by atoms with Crippen molar-refractivity contribution in [3.8, 4) is 11.8 Å². The van der Waals surface area contributed by atoms with Gasteiger partial charge in [-0.25, -0.2) is 0 Å². The number of fused-ring (bicyclic) bond motifs is 2. The molecule has 0 aromatic carbocycles.